The summed E-state index contributed by atoms with van der Waals surface area (Å²) in [6, 6.07) is 20.3. The Morgan fingerprint density at radius 3 is 2.20 bits per heavy atom. The van der Waals surface area contributed by atoms with Crippen molar-refractivity contribution in [3.05, 3.63) is 104 Å². The fourth-order valence-electron chi connectivity index (χ4n) is 4.48. The Morgan fingerprint density at radius 1 is 0.911 bits per heavy atom. The van der Waals surface area contributed by atoms with Crippen LogP contribution in [0.5, 0.6) is 11.5 Å². The Bertz CT molecular complexity index is 1750. The predicted octanol–water partition coefficient (Wildman–Crippen LogP) is 8.45. The normalized spacial score (nSPS) is 11.2. The van der Waals surface area contributed by atoms with Crippen molar-refractivity contribution < 1.29 is 27.4 Å². The van der Waals surface area contributed by atoms with Gasteiger partial charge in [-0.05, 0) is 49.2 Å². The highest BCUT2D eigenvalue weighted by molar-refractivity contribution is 7.93. The second kappa shape index (κ2) is 15.2. The highest BCUT2D eigenvalue weighted by atomic mass is 35.5. The summed E-state index contributed by atoms with van der Waals surface area (Å²) in [5.41, 5.74) is 2.00. The molecule has 0 unspecified atom stereocenters. The molecule has 0 fully saturated rings. The first kappa shape index (κ1) is 34.5. The van der Waals surface area contributed by atoms with Gasteiger partial charge < -0.3 is 19.1 Å². The molecule has 1 aromatic heterocycles. The van der Waals surface area contributed by atoms with Gasteiger partial charge in [0.2, 0.25) is 0 Å². The Hall–Kier alpha value is -3.41. The summed E-state index contributed by atoms with van der Waals surface area (Å²) < 4.78 is 44.8. The molecule has 4 rings (SSSR count). The molecule has 14 heteroatoms. The van der Waals surface area contributed by atoms with Crippen LogP contribution in [0.1, 0.15) is 18.1 Å². The number of carbonyl (C=O) groups excluding carboxylic acids is 1. The van der Waals surface area contributed by atoms with Gasteiger partial charge in [-0.15, -0.1) is 0 Å². The number of carbonyl (C=O) groups is 1. The Balaban J connectivity index is 1.67. The van der Waals surface area contributed by atoms with Crippen molar-refractivity contribution in [1.29, 1.82) is 0 Å². The van der Waals surface area contributed by atoms with Crippen LogP contribution in [-0.2, 0) is 21.3 Å². The molecule has 0 saturated carbocycles. The van der Waals surface area contributed by atoms with Crippen molar-refractivity contribution in [2.24, 2.45) is 0 Å². The largest absolute Gasteiger partial charge is 0.495 e. The van der Waals surface area contributed by atoms with Gasteiger partial charge in [0.1, 0.15) is 33.0 Å². The zero-order chi connectivity index (χ0) is 32.7. The first-order valence-corrected chi connectivity index (χ1v) is 16.5. The second-order valence-corrected chi connectivity index (χ2v) is 12.8. The molecule has 1 amide bonds. The second-order valence-electron chi connectivity index (χ2n) is 9.55. The quantitative estimate of drug-likeness (QED) is 0.135. The summed E-state index contributed by atoms with van der Waals surface area (Å²) in [5.74, 6) is 0.375. The monoisotopic (exact) mass is 711 g/mol. The fraction of sp³-hybridized carbons (Fsp3) is 0.226. The molecule has 4 aromatic rings. The minimum absolute atomic E-state index is 0.00122. The summed E-state index contributed by atoms with van der Waals surface area (Å²) in [7, 11) is -3.12. The minimum atomic E-state index is -4.46. The third kappa shape index (κ3) is 8.06. The van der Waals surface area contributed by atoms with E-state index in [0.29, 0.717) is 27.9 Å². The number of nitrogens with zero attached hydrogens (tertiary/aromatic N) is 3. The van der Waals surface area contributed by atoms with E-state index in [2.05, 4.69) is 4.98 Å². The summed E-state index contributed by atoms with van der Waals surface area (Å²) in [6.07, 6.45) is -1.08. The van der Waals surface area contributed by atoms with Gasteiger partial charge in [-0.25, -0.2) is 18.2 Å². The van der Waals surface area contributed by atoms with Gasteiger partial charge in [-0.1, -0.05) is 88.9 Å². The average Bonchev–Trinajstić information content (AvgIpc) is 3.00. The maximum Gasteiger partial charge on any atom is 0.428 e. The highest BCUT2D eigenvalue weighted by Crippen LogP contribution is 2.42. The standard InChI is InChI=1S/C31H29Cl4N3O6S/c1-4-43-31(39)38(45(40,41)25-13-9-8-12-24(25)42-3)22-16-20(2)17-23(18-22)44-15-14-37(19-21-10-6-5-7-11-21)28-26(32)29(34)36-30(35)27(28)33/h5-13,16-18H,4,14-15,19H2,1-3H3. The summed E-state index contributed by atoms with van der Waals surface area (Å²) in [4.78, 5) is 18.7. The molecule has 9 nitrogen and oxygen atoms in total. The molecule has 0 aliphatic carbocycles. The molecule has 0 atom stereocenters. The molecule has 0 N–H and O–H groups in total. The van der Waals surface area contributed by atoms with E-state index in [9.17, 15) is 13.2 Å². The molecule has 0 bridgehead atoms. The molecule has 0 aliphatic heterocycles. The third-order valence-electron chi connectivity index (χ3n) is 6.43. The average molecular weight is 713 g/mol. The van der Waals surface area contributed by atoms with Gasteiger partial charge in [0, 0.05) is 12.6 Å². The number of sulfonamides is 1. The molecule has 45 heavy (non-hydrogen) atoms. The van der Waals surface area contributed by atoms with Crippen LogP contribution >= 0.6 is 46.4 Å². The number of ether oxygens (including phenoxy) is 3. The maximum atomic E-state index is 13.8. The lowest BCUT2D eigenvalue weighted by atomic mass is 10.2. The fourth-order valence-corrected chi connectivity index (χ4v) is 6.92. The van der Waals surface area contributed by atoms with Gasteiger partial charge in [-0.2, -0.15) is 4.31 Å². The lowest BCUT2D eigenvalue weighted by Crippen LogP contribution is -2.37. The van der Waals surface area contributed by atoms with Crippen LogP contribution in [0.25, 0.3) is 0 Å². The van der Waals surface area contributed by atoms with Crippen molar-refractivity contribution in [1.82, 2.24) is 4.98 Å². The smallest absolute Gasteiger partial charge is 0.428 e. The van der Waals surface area contributed by atoms with E-state index in [1.807, 2.05) is 35.2 Å². The molecular formula is C31H29Cl4N3O6S. The number of pyridine rings is 1. The van der Waals surface area contributed by atoms with Crippen LogP contribution in [0.4, 0.5) is 16.2 Å². The van der Waals surface area contributed by atoms with E-state index in [0.717, 1.165) is 5.56 Å². The predicted molar refractivity (Wildman–Crippen MR) is 178 cm³/mol. The summed E-state index contributed by atoms with van der Waals surface area (Å²) >= 11 is 25.6. The van der Waals surface area contributed by atoms with E-state index in [-0.39, 0.29) is 56.4 Å². The first-order chi connectivity index (χ1) is 21.5. The van der Waals surface area contributed by atoms with Crippen molar-refractivity contribution in [2.75, 3.05) is 36.1 Å². The Kier molecular flexibility index (Phi) is 11.7. The van der Waals surface area contributed by atoms with Crippen molar-refractivity contribution in [2.45, 2.75) is 25.3 Å². The van der Waals surface area contributed by atoms with E-state index in [1.54, 1.807) is 32.0 Å². The van der Waals surface area contributed by atoms with Gasteiger partial charge in [-0.3, -0.25) is 0 Å². The van der Waals surface area contributed by atoms with Crippen LogP contribution in [0, 0.1) is 6.92 Å². The highest BCUT2D eigenvalue weighted by Gasteiger charge is 2.35. The zero-order valence-electron chi connectivity index (χ0n) is 24.5. The van der Waals surface area contributed by atoms with E-state index in [1.165, 1.54) is 31.4 Å². The summed E-state index contributed by atoms with van der Waals surface area (Å²) in [6.45, 7) is 4.02. The van der Waals surface area contributed by atoms with Crippen LogP contribution in [0.3, 0.4) is 0 Å². The molecule has 0 radical (unpaired) electrons. The van der Waals surface area contributed by atoms with Crippen molar-refractivity contribution in [3.8, 4) is 11.5 Å². The van der Waals surface area contributed by atoms with Crippen LogP contribution in [-0.4, -0.2) is 46.4 Å². The van der Waals surface area contributed by atoms with Crippen molar-refractivity contribution in [3.63, 3.8) is 0 Å². The minimum Gasteiger partial charge on any atom is -0.495 e. The third-order valence-corrected chi connectivity index (χ3v) is 9.62. The number of anilines is 2. The number of hydrogen-bond acceptors (Lipinski definition) is 8. The lowest BCUT2D eigenvalue weighted by Gasteiger charge is -2.27. The van der Waals surface area contributed by atoms with Gasteiger partial charge >= 0.3 is 6.09 Å². The van der Waals surface area contributed by atoms with Crippen LogP contribution < -0.4 is 18.7 Å². The number of rotatable bonds is 12. The van der Waals surface area contributed by atoms with Crippen LogP contribution in [0.2, 0.25) is 20.4 Å². The van der Waals surface area contributed by atoms with Gasteiger partial charge in [0.05, 0.1) is 31.6 Å². The molecule has 0 aliphatic rings. The molecular weight excluding hydrogens is 684 g/mol. The van der Waals surface area contributed by atoms with E-state index in [4.69, 9.17) is 60.6 Å². The van der Waals surface area contributed by atoms with Gasteiger partial charge in [0.25, 0.3) is 10.0 Å². The van der Waals surface area contributed by atoms with E-state index >= 15 is 0 Å². The SMILES string of the molecule is CCOC(=O)N(c1cc(C)cc(OCCN(Cc2ccccc2)c2c(Cl)c(Cl)nc(Cl)c2Cl)c1)S(=O)(=O)c1ccccc1OC. The Morgan fingerprint density at radius 2 is 1.56 bits per heavy atom. The number of aromatic nitrogens is 1. The van der Waals surface area contributed by atoms with Gasteiger partial charge in [0.15, 0.2) is 10.3 Å². The number of aryl methyl sites for hydroxylation is 1. The number of halogens is 4. The molecule has 238 valence electrons. The molecule has 0 saturated heterocycles. The number of methoxy groups -OCH3 is 1. The molecule has 1 heterocycles. The lowest BCUT2D eigenvalue weighted by molar-refractivity contribution is 0.164. The number of hydrogen-bond donors (Lipinski definition) is 0. The first-order valence-electron chi connectivity index (χ1n) is 13.6. The zero-order valence-corrected chi connectivity index (χ0v) is 28.3. The van der Waals surface area contributed by atoms with E-state index < -0.39 is 16.1 Å². The topological polar surface area (TPSA) is 98.3 Å². The molecule has 0 spiro atoms. The van der Waals surface area contributed by atoms with Crippen LogP contribution in [0.15, 0.2) is 77.7 Å². The number of amides is 1. The molecule has 3 aromatic carbocycles. The Labute approximate surface area is 282 Å². The number of benzene rings is 3. The number of para-hydroxylation sites is 1. The summed E-state index contributed by atoms with van der Waals surface area (Å²) in [5, 5.41) is 0.260. The maximum absolute atomic E-state index is 13.8. The van der Waals surface area contributed by atoms with Crippen molar-refractivity contribution >= 4 is 73.9 Å².